The summed E-state index contributed by atoms with van der Waals surface area (Å²) in [6, 6.07) is 22.2. The SMILES string of the molecule is CCOc1cc(CNCCSc2nnnn2-c2ccccc2)cc(Br)c1OCc1ccccc1C. The van der Waals surface area contributed by atoms with Crippen LogP contribution in [0, 0.1) is 6.92 Å². The van der Waals surface area contributed by atoms with Gasteiger partial charge in [-0.2, -0.15) is 4.68 Å². The van der Waals surface area contributed by atoms with Crippen LogP contribution in [0.3, 0.4) is 0 Å². The number of benzene rings is 3. The molecule has 1 heterocycles. The second kappa shape index (κ2) is 12.7. The first-order chi connectivity index (χ1) is 17.2. The second-order valence-corrected chi connectivity index (χ2v) is 9.70. The number of hydrogen-bond donors (Lipinski definition) is 1. The van der Waals surface area contributed by atoms with Gasteiger partial charge >= 0.3 is 0 Å². The van der Waals surface area contributed by atoms with Gasteiger partial charge < -0.3 is 14.8 Å². The molecule has 3 aromatic carbocycles. The lowest BCUT2D eigenvalue weighted by atomic mass is 10.1. The molecular weight excluding hydrogens is 526 g/mol. The van der Waals surface area contributed by atoms with Crippen LogP contribution in [0.5, 0.6) is 11.5 Å². The Kier molecular flexibility index (Phi) is 9.16. The van der Waals surface area contributed by atoms with Crippen molar-refractivity contribution in [2.75, 3.05) is 18.9 Å². The van der Waals surface area contributed by atoms with Crippen LogP contribution in [0.1, 0.15) is 23.6 Å². The van der Waals surface area contributed by atoms with Crippen LogP contribution in [0.25, 0.3) is 5.69 Å². The molecule has 9 heteroatoms. The van der Waals surface area contributed by atoms with Crippen molar-refractivity contribution in [3.05, 3.63) is 87.9 Å². The van der Waals surface area contributed by atoms with Gasteiger partial charge in [-0.15, -0.1) is 5.10 Å². The average molecular weight is 555 g/mol. The predicted octanol–water partition coefficient (Wildman–Crippen LogP) is 5.59. The molecule has 0 saturated carbocycles. The van der Waals surface area contributed by atoms with E-state index in [9.17, 15) is 0 Å². The second-order valence-electron chi connectivity index (χ2n) is 7.79. The van der Waals surface area contributed by atoms with E-state index in [4.69, 9.17) is 9.47 Å². The first kappa shape index (κ1) is 25.2. The van der Waals surface area contributed by atoms with Crippen molar-refractivity contribution in [1.29, 1.82) is 0 Å². The zero-order chi connectivity index (χ0) is 24.5. The van der Waals surface area contributed by atoms with Gasteiger partial charge in [0, 0.05) is 18.8 Å². The number of halogens is 1. The Balaban J connectivity index is 1.32. The minimum absolute atomic E-state index is 0.489. The molecule has 0 spiro atoms. The Labute approximate surface area is 218 Å². The van der Waals surface area contributed by atoms with Crippen LogP contribution in [-0.4, -0.2) is 39.1 Å². The Morgan fingerprint density at radius 3 is 2.63 bits per heavy atom. The summed E-state index contributed by atoms with van der Waals surface area (Å²) in [4.78, 5) is 0. The average Bonchev–Trinajstić information content (AvgIpc) is 3.34. The lowest BCUT2D eigenvalue weighted by Gasteiger charge is -2.16. The van der Waals surface area contributed by atoms with Crippen molar-refractivity contribution in [2.24, 2.45) is 0 Å². The summed E-state index contributed by atoms with van der Waals surface area (Å²) in [5.74, 6) is 2.30. The van der Waals surface area contributed by atoms with E-state index in [2.05, 4.69) is 61.9 Å². The molecular formula is C26H28BrN5O2S. The Hall–Kier alpha value is -2.88. The lowest BCUT2D eigenvalue weighted by Crippen LogP contribution is -2.17. The van der Waals surface area contributed by atoms with Gasteiger partial charge in [-0.3, -0.25) is 0 Å². The van der Waals surface area contributed by atoms with E-state index >= 15 is 0 Å². The topological polar surface area (TPSA) is 74.1 Å². The van der Waals surface area contributed by atoms with Crippen molar-refractivity contribution < 1.29 is 9.47 Å². The maximum Gasteiger partial charge on any atom is 0.214 e. The Morgan fingerprint density at radius 1 is 1.03 bits per heavy atom. The summed E-state index contributed by atoms with van der Waals surface area (Å²) in [6.45, 7) is 6.64. The maximum absolute atomic E-state index is 6.16. The normalized spacial score (nSPS) is 10.9. The number of rotatable bonds is 12. The van der Waals surface area contributed by atoms with E-state index < -0.39 is 0 Å². The summed E-state index contributed by atoms with van der Waals surface area (Å²) in [5.41, 5.74) is 4.43. The monoisotopic (exact) mass is 553 g/mol. The summed E-state index contributed by atoms with van der Waals surface area (Å²) < 4.78 is 14.7. The highest BCUT2D eigenvalue weighted by molar-refractivity contribution is 9.10. The van der Waals surface area contributed by atoms with Gasteiger partial charge in [0.25, 0.3) is 0 Å². The van der Waals surface area contributed by atoms with Crippen LogP contribution in [0.15, 0.2) is 76.4 Å². The van der Waals surface area contributed by atoms with Crippen molar-refractivity contribution in [3.8, 4) is 17.2 Å². The van der Waals surface area contributed by atoms with Gasteiger partial charge in [-0.25, -0.2) is 0 Å². The molecule has 0 amide bonds. The third kappa shape index (κ3) is 6.84. The van der Waals surface area contributed by atoms with Crippen LogP contribution in [0.4, 0.5) is 0 Å². The zero-order valence-corrected chi connectivity index (χ0v) is 22.2. The van der Waals surface area contributed by atoms with Crippen LogP contribution in [0.2, 0.25) is 0 Å². The van der Waals surface area contributed by atoms with Gasteiger partial charge in [0.1, 0.15) is 6.61 Å². The van der Waals surface area contributed by atoms with E-state index in [0.29, 0.717) is 19.8 Å². The number of thioether (sulfide) groups is 1. The molecule has 0 unspecified atom stereocenters. The summed E-state index contributed by atoms with van der Waals surface area (Å²) in [5, 5.41) is 16.3. The Morgan fingerprint density at radius 2 is 1.83 bits per heavy atom. The van der Waals surface area contributed by atoms with Gasteiger partial charge in [-0.1, -0.05) is 54.2 Å². The maximum atomic E-state index is 6.16. The van der Waals surface area contributed by atoms with Crippen LogP contribution in [-0.2, 0) is 13.2 Å². The number of ether oxygens (including phenoxy) is 2. The van der Waals surface area contributed by atoms with Gasteiger partial charge in [0.15, 0.2) is 11.5 Å². The van der Waals surface area contributed by atoms with Gasteiger partial charge in [0.2, 0.25) is 5.16 Å². The van der Waals surface area contributed by atoms with Crippen LogP contribution >= 0.6 is 27.7 Å². The van der Waals surface area contributed by atoms with Crippen molar-refractivity contribution in [1.82, 2.24) is 25.5 Å². The van der Waals surface area contributed by atoms with E-state index in [-0.39, 0.29) is 0 Å². The van der Waals surface area contributed by atoms with Crippen molar-refractivity contribution >= 4 is 27.7 Å². The number of aryl methyl sites for hydroxylation is 1. The molecule has 182 valence electrons. The largest absolute Gasteiger partial charge is 0.490 e. The molecule has 35 heavy (non-hydrogen) atoms. The number of nitrogens with one attached hydrogen (secondary N) is 1. The number of tetrazole rings is 1. The van der Waals surface area contributed by atoms with E-state index in [1.54, 1.807) is 16.4 Å². The smallest absolute Gasteiger partial charge is 0.214 e. The fourth-order valence-corrected chi connectivity index (χ4v) is 4.89. The summed E-state index contributed by atoms with van der Waals surface area (Å²) in [7, 11) is 0. The molecule has 0 bridgehead atoms. The van der Waals surface area contributed by atoms with E-state index in [1.165, 1.54) is 5.56 Å². The standard InChI is InChI=1S/C26H28BrN5O2S/c1-3-33-24-16-20(15-23(27)25(24)34-18-21-10-8-7-9-19(21)2)17-28-13-14-35-26-29-30-31-32(26)22-11-5-4-6-12-22/h4-12,15-16,28H,3,13-14,17-18H2,1-2H3. The zero-order valence-electron chi connectivity index (χ0n) is 19.8. The third-order valence-corrected chi connectivity index (χ3v) is 6.79. The van der Waals surface area contributed by atoms with Crippen LogP contribution < -0.4 is 14.8 Å². The molecule has 4 rings (SSSR count). The molecule has 4 aromatic rings. The Bertz CT molecular complexity index is 1240. The fraction of sp³-hybridized carbons (Fsp3) is 0.269. The van der Waals surface area contributed by atoms with E-state index in [1.807, 2.05) is 55.5 Å². The predicted molar refractivity (Wildman–Crippen MR) is 142 cm³/mol. The third-order valence-electron chi connectivity index (χ3n) is 5.28. The first-order valence-corrected chi connectivity index (χ1v) is 13.2. The number of para-hydroxylation sites is 1. The number of aromatic nitrogens is 4. The highest BCUT2D eigenvalue weighted by Crippen LogP contribution is 2.37. The molecule has 1 aromatic heterocycles. The molecule has 1 N–H and O–H groups in total. The number of nitrogens with zero attached hydrogens (tertiary/aromatic N) is 4. The molecule has 7 nitrogen and oxygen atoms in total. The quantitative estimate of drug-likeness (QED) is 0.181. The molecule has 0 atom stereocenters. The summed E-state index contributed by atoms with van der Waals surface area (Å²) in [6.07, 6.45) is 0. The molecule has 0 aliphatic carbocycles. The van der Waals surface area contributed by atoms with Gasteiger partial charge in [-0.05, 0) is 81.2 Å². The minimum atomic E-state index is 0.489. The molecule has 0 aliphatic heterocycles. The fourth-order valence-electron chi connectivity index (χ4n) is 3.50. The lowest BCUT2D eigenvalue weighted by molar-refractivity contribution is 0.267. The molecule has 0 aliphatic rings. The summed E-state index contributed by atoms with van der Waals surface area (Å²) >= 11 is 5.29. The van der Waals surface area contributed by atoms with Crippen molar-refractivity contribution in [3.63, 3.8) is 0 Å². The van der Waals surface area contributed by atoms with Crippen molar-refractivity contribution in [2.45, 2.75) is 32.2 Å². The van der Waals surface area contributed by atoms with Gasteiger partial charge in [0.05, 0.1) is 16.8 Å². The molecule has 0 fully saturated rings. The number of hydrogen-bond acceptors (Lipinski definition) is 7. The molecule has 0 radical (unpaired) electrons. The molecule has 0 saturated heterocycles. The first-order valence-electron chi connectivity index (χ1n) is 11.5. The minimum Gasteiger partial charge on any atom is -0.490 e. The highest BCUT2D eigenvalue weighted by atomic mass is 79.9. The highest BCUT2D eigenvalue weighted by Gasteiger charge is 2.13. The van der Waals surface area contributed by atoms with E-state index in [0.717, 1.165) is 50.2 Å².